The van der Waals surface area contributed by atoms with Gasteiger partial charge in [0, 0.05) is 11.5 Å². The van der Waals surface area contributed by atoms with Crippen LogP contribution in [0.15, 0.2) is 47.6 Å². The van der Waals surface area contributed by atoms with Crippen molar-refractivity contribution in [2.75, 3.05) is 0 Å². The van der Waals surface area contributed by atoms with E-state index >= 15 is 0 Å². The smallest absolute Gasteiger partial charge is 0.335 e. The van der Waals surface area contributed by atoms with E-state index in [1.165, 1.54) is 11.1 Å². The molecule has 0 aromatic heterocycles. The third-order valence-corrected chi connectivity index (χ3v) is 6.32. The minimum atomic E-state index is -0.908. The van der Waals surface area contributed by atoms with Gasteiger partial charge in [0.25, 0.3) is 0 Å². The molecule has 2 unspecified atom stereocenters. The summed E-state index contributed by atoms with van der Waals surface area (Å²) in [6.45, 7) is 11.7. The van der Waals surface area contributed by atoms with E-state index in [1.807, 2.05) is 0 Å². The van der Waals surface area contributed by atoms with E-state index in [4.69, 9.17) is 5.11 Å². The SMILES string of the molecule is CC1C(C)(C)C2=CCC(C#Cc3ccc(C(=O)O)cc3)C=C2C1(C)C. The molecule has 1 fully saturated rings. The largest absolute Gasteiger partial charge is 0.478 e. The van der Waals surface area contributed by atoms with Gasteiger partial charge in [-0.25, -0.2) is 4.79 Å². The molecular formula is C23H26O2. The zero-order valence-electron chi connectivity index (χ0n) is 15.7. The van der Waals surface area contributed by atoms with E-state index in [-0.39, 0.29) is 16.7 Å². The zero-order valence-corrected chi connectivity index (χ0v) is 15.7. The van der Waals surface area contributed by atoms with Crippen LogP contribution in [0.3, 0.4) is 0 Å². The predicted molar refractivity (Wildman–Crippen MR) is 101 cm³/mol. The van der Waals surface area contributed by atoms with Crippen molar-refractivity contribution in [3.63, 3.8) is 0 Å². The average Bonchev–Trinajstić information content (AvgIpc) is 2.71. The van der Waals surface area contributed by atoms with E-state index in [0.29, 0.717) is 11.5 Å². The molecule has 25 heavy (non-hydrogen) atoms. The van der Waals surface area contributed by atoms with Crippen LogP contribution in [0.4, 0.5) is 0 Å². The molecule has 0 spiro atoms. The second kappa shape index (κ2) is 5.92. The number of hydrogen-bond donors (Lipinski definition) is 1. The van der Waals surface area contributed by atoms with Crippen LogP contribution >= 0.6 is 0 Å². The Kier molecular flexibility index (Phi) is 4.15. The number of carboxylic acids is 1. The first-order valence-corrected chi connectivity index (χ1v) is 8.92. The molecule has 0 saturated heterocycles. The first-order valence-electron chi connectivity index (χ1n) is 8.92. The lowest BCUT2D eigenvalue weighted by molar-refractivity contribution is 0.0697. The first kappa shape index (κ1) is 17.5. The first-order chi connectivity index (χ1) is 11.6. The van der Waals surface area contributed by atoms with E-state index in [2.05, 4.69) is 58.6 Å². The van der Waals surface area contributed by atoms with Crippen LogP contribution in [0.5, 0.6) is 0 Å². The fourth-order valence-electron chi connectivity index (χ4n) is 4.23. The molecule has 2 aliphatic rings. The van der Waals surface area contributed by atoms with Crippen molar-refractivity contribution in [1.82, 2.24) is 0 Å². The van der Waals surface area contributed by atoms with Crippen LogP contribution in [0, 0.1) is 34.5 Å². The number of fused-ring (bicyclic) bond motifs is 1. The van der Waals surface area contributed by atoms with Crippen LogP contribution in [-0.4, -0.2) is 11.1 Å². The van der Waals surface area contributed by atoms with Crippen LogP contribution in [-0.2, 0) is 0 Å². The molecule has 3 rings (SSSR count). The Morgan fingerprint density at radius 3 is 2.28 bits per heavy atom. The Labute approximate surface area is 150 Å². The molecule has 2 atom stereocenters. The van der Waals surface area contributed by atoms with E-state index in [0.717, 1.165) is 12.0 Å². The van der Waals surface area contributed by atoms with Crippen LogP contribution in [0.25, 0.3) is 0 Å². The summed E-state index contributed by atoms with van der Waals surface area (Å²) in [5.74, 6) is 6.47. The minimum Gasteiger partial charge on any atom is -0.478 e. The van der Waals surface area contributed by atoms with Crippen molar-refractivity contribution in [2.24, 2.45) is 22.7 Å². The highest BCUT2D eigenvalue weighted by Crippen LogP contribution is 2.61. The van der Waals surface area contributed by atoms with Gasteiger partial charge in [-0.05, 0) is 58.6 Å². The standard InChI is InChI=1S/C23H26O2/c1-15-22(2,3)19-13-10-17(14-20(19)23(15,4)5)7-6-16-8-11-18(12-9-16)21(24)25/h8-9,11-15,17H,10H2,1-5H3,(H,24,25). The maximum Gasteiger partial charge on any atom is 0.335 e. The molecule has 0 bridgehead atoms. The van der Waals surface area contributed by atoms with Crippen molar-refractivity contribution >= 4 is 5.97 Å². The Hall–Kier alpha value is -2.27. The molecule has 130 valence electrons. The zero-order chi connectivity index (χ0) is 18.4. The third kappa shape index (κ3) is 2.93. The van der Waals surface area contributed by atoms with Gasteiger partial charge >= 0.3 is 5.97 Å². The van der Waals surface area contributed by atoms with Crippen LogP contribution < -0.4 is 0 Å². The van der Waals surface area contributed by atoms with Gasteiger partial charge in [0.15, 0.2) is 0 Å². The Morgan fingerprint density at radius 2 is 1.68 bits per heavy atom. The fourth-order valence-corrected chi connectivity index (χ4v) is 4.23. The van der Waals surface area contributed by atoms with E-state index in [1.54, 1.807) is 24.3 Å². The molecule has 1 aromatic carbocycles. The topological polar surface area (TPSA) is 37.3 Å². The molecule has 0 aliphatic heterocycles. The highest BCUT2D eigenvalue weighted by atomic mass is 16.4. The Balaban J connectivity index is 1.85. The monoisotopic (exact) mass is 334 g/mol. The van der Waals surface area contributed by atoms with Crippen LogP contribution in [0.2, 0.25) is 0 Å². The Bertz CT molecular complexity index is 823. The summed E-state index contributed by atoms with van der Waals surface area (Å²) in [6, 6.07) is 6.76. The number of allylic oxidation sites excluding steroid dienone is 4. The highest BCUT2D eigenvalue weighted by Gasteiger charge is 2.51. The second-order valence-electron chi connectivity index (χ2n) is 8.36. The van der Waals surface area contributed by atoms with Crippen molar-refractivity contribution in [3.8, 4) is 11.8 Å². The molecule has 1 N–H and O–H groups in total. The number of hydrogen-bond acceptors (Lipinski definition) is 1. The molecule has 0 amide bonds. The predicted octanol–water partition coefficient (Wildman–Crippen LogP) is 5.31. The van der Waals surface area contributed by atoms with Gasteiger partial charge < -0.3 is 5.11 Å². The fraction of sp³-hybridized carbons (Fsp3) is 0.435. The van der Waals surface area contributed by atoms with Crippen LogP contribution in [0.1, 0.15) is 57.0 Å². The summed E-state index contributed by atoms with van der Waals surface area (Å²) in [4.78, 5) is 10.9. The molecule has 2 aliphatic carbocycles. The second-order valence-corrected chi connectivity index (χ2v) is 8.36. The number of benzene rings is 1. The highest BCUT2D eigenvalue weighted by molar-refractivity contribution is 5.87. The van der Waals surface area contributed by atoms with Crippen molar-refractivity contribution in [1.29, 1.82) is 0 Å². The number of carbonyl (C=O) groups is 1. The summed E-state index contributed by atoms with van der Waals surface area (Å²) in [5.41, 5.74) is 4.48. The Morgan fingerprint density at radius 1 is 1.08 bits per heavy atom. The summed E-state index contributed by atoms with van der Waals surface area (Å²) < 4.78 is 0. The molecule has 1 saturated carbocycles. The van der Waals surface area contributed by atoms with E-state index in [9.17, 15) is 4.79 Å². The molecular weight excluding hydrogens is 308 g/mol. The summed E-state index contributed by atoms with van der Waals surface area (Å²) in [5, 5.41) is 8.96. The minimum absolute atomic E-state index is 0.165. The van der Waals surface area contributed by atoms with Gasteiger partial charge in [0.1, 0.15) is 0 Å². The number of aromatic carboxylic acids is 1. The normalized spacial score (nSPS) is 26.0. The van der Waals surface area contributed by atoms with E-state index < -0.39 is 5.97 Å². The van der Waals surface area contributed by atoms with Gasteiger partial charge in [-0.15, -0.1) is 0 Å². The molecule has 2 nitrogen and oxygen atoms in total. The number of carboxylic acid groups (broad SMARTS) is 1. The maximum absolute atomic E-state index is 10.9. The van der Waals surface area contributed by atoms with Crippen molar-refractivity contribution in [3.05, 3.63) is 58.7 Å². The van der Waals surface area contributed by atoms with Gasteiger partial charge in [0.05, 0.1) is 5.56 Å². The third-order valence-electron chi connectivity index (χ3n) is 6.32. The quantitative estimate of drug-likeness (QED) is 0.707. The van der Waals surface area contributed by atoms with Gasteiger partial charge in [-0.3, -0.25) is 0 Å². The molecule has 2 heteroatoms. The van der Waals surface area contributed by atoms with Gasteiger partial charge in [0.2, 0.25) is 0 Å². The lowest BCUT2D eigenvalue weighted by atomic mass is 9.73. The van der Waals surface area contributed by atoms with Gasteiger partial charge in [-0.1, -0.05) is 58.6 Å². The lowest BCUT2D eigenvalue weighted by Crippen LogP contribution is -2.25. The molecule has 0 radical (unpaired) electrons. The molecule has 0 heterocycles. The summed E-state index contributed by atoms with van der Waals surface area (Å²) >= 11 is 0. The lowest BCUT2D eigenvalue weighted by Gasteiger charge is -2.31. The average molecular weight is 334 g/mol. The summed E-state index contributed by atoms with van der Waals surface area (Å²) in [6.07, 6.45) is 5.69. The van der Waals surface area contributed by atoms with Crippen molar-refractivity contribution < 1.29 is 9.90 Å². The maximum atomic E-state index is 10.9. The van der Waals surface area contributed by atoms with Gasteiger partial charge in [-0.2, -0.15) is 0 Å². The number of rotatable bonds is 1. The summed E-state index contributed by atoms with van der Waals surface area (Å²) in [7, 11) is 0. The van der Waals surface area contributed by atoms with Crippen molar-refractivity contribution in [2.45, 2.75) is 41.0 Å². The molecule has 1 aromatic rings.